The third-order valence-electron chi connectivity index (χ3n) is 0.781. The Hall–Kier alpha value is -1.14. The molecule has 0 saturated carbocycles. The second kappa shape index (κ2) is 3.14. The lowest BCUT2D eigenvalue weighted by atomic mass is 10.3. The van der Waals surface area contributed by atoms with Gasteiger partial charge in [0.2, 0.25) is 5.88 Å². The zero-order valence-electron chi connectivity index (χ0n) is 5.01. The molecule has 52 valence electrons. The summed E-state index contributed by atoms with van der Waals surface area (Å²) >= 11 is 0. The largest absolute Gasteiger partial charge is 0.708 e. The molecule has 1 rings (SSSR count). The molecule has 0 spiro atoms. The van der Waals surface area contributed by atoms with Crippen LogP contribution in [0.1, 0.15) is 0 Å². The highest BCUT2D eigenvalue weighted by Crippen LogP contribution is 2.00. The van der Waals surface area contributed by atoms with Crippen molar-refractivity contribution in [3.05, 3.63) is 18.6 Å². The maximum Gasteiger partial charge on any atom is 0.708 e. The van der Waals surface area contributed by atoms with E-state index in [1.807, 2.05) is 0 Å². The van der Waals surface area contributed by atoms with E-state index in [-0.39, 0.29) is 5.88 Å². The van der Waals surface area contributed by atoms with Gasteiger partial charge in [-0.25, -0.2) is 9.97 Å². The molecule has 0 unspecified atom stereocenters. The number of nitrogens with zero attached hydrogens (tertiary/aromatic N) is 2. The zero-order valence-corrected chi connectivity index (χ0v) is 5.01. The van der Waals surface area contributed by atoms with E-state index in [1.54, 1.807) is 0 Å². The van der Waals surface area contributed by atoms with Crippen molar-refractivity contribution < 1.29 is 14.7 Å². The van der Waals surface area contributed by atoms with Crippen LogP contribution in [0.25, 0.3) is 0 Å². The molecule has 2 N–H and O–H groups in total. The monoisotopic (exact) mass is 140 g/mol. The summed E-state index contributed by atoms with van der Waals surface area (Å²) in [5.41, 5.74) is 0. The molecule has 0 atom stereocenters. The Morgan fingerprint density at radius 2 is 2.30 bits per heavy atom. The number of rotatable bonds is 2. The summed E-state index contributed by atoms with van der Waals surface area (Å²) in [7, 11) is -1.82. The zero-order chi connectivity index (χ0) is 7.40. The van der Waals surface area contributed by atoms with Gasteiger partial charge in [-0.15, -0.1) is 0 Å². The Kier molecular flexibility index (Phi) is 2.19. The van der Waals surface area contributed by atoms with Crippen LogP contribution < -0.4 is 4.65 Å². The number of hydrogen-bond donors (Lipinski definition) is 2. The van der Waals surface area contributed by atoms with Crippen LogP contribution in [0.3, 0.4) is 0 Å². The first-order valence-corrected chi connectivity index (χ1v) is 2.58. The normalized spacial score (nSPS) is 9.00. The highest BCUT2D eigenvalue weighted by atomic mass is 16.6. The van der Waals surface area contributed by atoms with Gasteiger partial charge in [-0.05, 0) is 0 Å². The van der Waals surface area contributed by atoms with Gasteiger partial charge < -0.3 is 14.7 Å². The molecule has 0 aromatic carbocycles. The van der Waals surface area contributed by atoms with Crippen molar-refractivity contribution in [2.24, 2.45) is 0 Å². The molecule has 0 amide bonds. The molecule has 0 aliphatic rings. The fourth-order valence-electron chi connectivity index (χ4n) is 0.456. The molecular formula is C4H5BN2O3. The molecule has 0 aliphatic carbocycles. The van der Waals surface area contributed by atoms with Crippen LogP contribution in [-0.4, -0.2) is 27.3 Å². The van der Waals surface area contributed by atoms with Gasteiger partial charge in [0.15, 0.2) is 0 Å². The molecule has 1 aromatic heterocycles. The van der Waals surface area contributed by atoms with Crippen molar-refractivity contribution in [3.8, 4) is 5.88 Å². The predicted molar refractivity (Wildman–Crippen MR) is 32.9 cm³/mol. The molecule has 0 aliphatic heterocycles. The second-order valence-corrected chi connectivity index (χ2v) is 1.49. The maximum absolute atomic E-state index is 8.28. The molecule has 0 radical (unpaired) electrons. The van der Waals surface area contributed by atoms with Crippen LogP contribution in [0, 0.1) is 0 Å². The number of hydrogen-bond acceptors (Lipinski definition) is 5. The molecule has 1 heterocycles. The van der Waals surface area contributed by atoms with E-state index in [9.17, 15) is 0 Å². The van der Waals surface area contributed by atoms with E-state index in [0.717, 1.165) is 0 Å². The minimum Gasteiger partial charge on any atom is -0.498 e. The van der Waals surface area contributed by atoms with E-state index in [4.69, 9.17) is 10.0 Å². The van der Waals surface area contributed by atoms with Gasteiger partial charge in [0.1, 0.15) is 6.33 Å². The van der Waals surface area contributed by atoms with Crippen molar-refractivity contribution in [2.75, 3.05) is 0 Å². The van der Waals surface area contributed by atoms with E-state index in [1.165, 1.54) is 18.6 Å². The first-order valence-electron chi connectivity index (χ1n) is 2.58. The van der Waals surface area contributed by atoms with Gasteiger partial charge in [-0.2, -0.15) is 0 Å². The molecule has 0 saturated heterocycles. The van der Waals surface area contributed by atoms with Crippen molar-refractivity contribution in [2.45, 2.75) is 0 Å². The van der Waals surface area contributed by atoms with E-state index in [2.05, 4.69) is 14.6 Å². The summed E-state index contributed by atoms with van der Waals surface area (Å²) in [6.45, 7) is 0. The standard InChI is InChI=1S/C4H5BN2O3/c8-5(9)10-4-1-2-6-3-7-4/h1-3,8-9H. The molecule has 0 bridgehead atoms. The fraction of sp³-hybridized carbons (Fsp3) is 0. The van der Waals surface area contributed by atoms with Gasteiger partial charge in [-0.1, -0.05) is 0 Å². The van der Waals surface area contributed by atoms with Crippen molar-refractivity contribution in [1.82, 2.24) is 9.97 Å². The Bertz CT molecular complexity index is 193. The van der Waals surface area contributed by atoms with E-state index in [0.29, 0.717) is 0 Å². The highest BCUT2D eigenvalue weighted by Gasteiger charge is 2.10. The van der Waals surface area contributed by atoms with Crippen molar-refractivity contribution in [1.29, 1.82) is 0 Å². The third-order valence-corrected chi connectivity index (χ3v) is 0.781. The van der Waals surface area contributed by atoms with Crippen LogP contribution in [0.2, 0.25) is 0 Å². The first kappa shape index (κ1) is 6.98. The minimum atomic E-state index is -1.82. The molecule has 6 heteroatoms. The van der Waals surface area contributed by atoms with Gasteiger partial charge in [0, 0.05) is 12.3 Å². The summed E-state index contributed by atoms with van der Waals surface area (Å²) in [4.78, 5) is 7.16. The highest BCUT2D eigenvalue weighted by molar-refractivity contribution is 6.33. The van der Waals surface area contributed by atoms with Gasteiger partial charge >= 0.3 is 7.32 Å². The van der Waals surface area contributed by atoms with Crippen LogP contribution in [0.15, 0.2) is 18.6 Å². The Morgan fingerprint density at radius 1 is 1.50 bits per heavy atom. The topological polar surface area (TPSA) is 75.5 Å². The lowest BCUT2D eigenvalue weighted by Gasteiger charge is -1.99. The molecule has 0 fully saturated rings. The minimum absolute atomic E-state index is 0.130. The summed E-state index contributed by atoms with van der Waals surface area (Å²) in [6.07, 6.45) is 2.68. The Balaban J connectivity index is 2.59. The van der Waals surface area contributed by atoms with Gasteiger partial charge in [0.25, 0.3) is 0 Å². The van der Waals surface area contributed by atoms with Crippen molar-refractivity contribution in [3.63, 3.8) is 0 Å². The molecule has 1 aromatic rings. The lowest BCUT2D eigenvalue weighted by molar-refractivity contribution is 0.283. The summed E-state index contributed by atoms with van der Waals surface area (Å²) in [5, 5.41) is 16.6. The smallest absolute Gasteiger partial charge is 0.498 e. The van der Waals surface area contributed by atoms with Crippen LogP contribution in [-0.2, 0) is 0 Å². The van der Waals surface area contributed by atoms with E-state index >= 15 is 0 Å². The molecule has 10 heavy (non-hydrogen) atoms. The average Bonchev–Trinajstić information content (AvgIpc) is 1.88. The Labute approximate surface area is 57.5 Å². The van der Waals surface area contributed by atoms with Crippen molar-refractivity contribution >= 4 is 7.32 Å². The maximum atomic E-state index is 8.28. The van der Waals surface area contributed by atoms with Crippen LogP contribution in [0.5, 0.6) is 5.88 Å². The fourth-order valence-corrected chi connectivity index (χ4v) is 0.456. The lowest BCUT2D eigenvalue weighted by Crippen LogP contribution is -2.21. The van der Waals surface area contributed by atoms with Gasteiger partial charge in [0.05, 0.1) is 0 Å². The Morgan fingerprint density at radius 3 is 2.80 bits per heavy atom. The SMILES string of the molecule is OB(O)Oc1ccncn1. The summed E-state index contributed by atoms with van der Waals surface area (Å²) in [6, 6.07) is 1.42. The second-order valence-electron chi connectivity index (χ2n) is 1.49. The van der Waals surface area contributed by atoms with Crippen LogP contribution in [0.4, 0.5) is 0 Å². The molecular weight excluding hydrogens is 135 g/mol. The third kappa shape index (κ3) is 2.00. The summed E-state index contributed by atoms with van der Waals surface area (Å²) < 4.78 is 4.37. The number of aromatic nitrogens is 2. The average molecular weight is 140 g/mol. The predicted octanol–water partition coefficient (Wildman–Crippen LogP) is -1.18. The molecule has 5 nitrogen and oxygen atoms in total. The first-order chi connectivity index (χ1) is 4.79. The quantitative estimate of drug-likeness (QED) is 0.506. The van der Waals surface area contributed by atoms with Gasteiger partial charge in [-0.3, -0.25) is 0 Å². The summed E-state index contributed by atoms with van der Waals surface area (Å²) in [5.74, 6) is 0.130. The van der Waals surface area contributed by atoms with Crippen LogP contribution >= 0.6 is 0 Å². The van der Waals surface area contributed by atoms with E-state index < -0.39 is 7.32 Å².